The summed E-state index contributed by atoms with van der Waals surface area (Å²) < 4.78 is 8.48. The molecule has 2 aromatic heterocycles. The molecule has 2 aromatic rings. The molecule has 2 unspecified atom stereocenters. The fraction of sp³-hybridized carbons (Fsp3) is 0.625. The van der Waals surface area contributed by atoms with Crippen LogP contribution in [0.3, 0.4) is 0 Å². The maximum Gasteiger partial charge on any atom is 0.162 e. The van der Waals surface area contributed by atoms with Gasteiger partial charge in [-0.2, -0.15) is 8.75 Å². The number of nitrogens with zero attached hydrogens (tertiary/aromatic N) is 6. The zero-order chi connectivity index (χ0) is 16.0. The summed E-state index contributed by atoms with van der Waals surface area (Å²) in [5, 5.41) is 0. The Labute approximate surface area is 140 Å². The minimum atomic E-state index is 0.0572. The first-order valence-electron chi connectivity index (χ1n) is 8.11. The average molecular weight is 330 g/mol. The number of fused-ring (bicyclic) bond motifs is 1. The Morgan fingerprint density at radius 1 is 1.00 bits per heavy atom. The SMILES string of the molecule is CC(C)(C)c1cc(N2CC3CN(c4cnsn4)CC3C2)ncn1. The Hall–Kier alpha value is -1.76. The first-order chi connectivity index (χ1) is 11.0. The molecule has 0 bridgehead atoms. The summed E-state index contributed by atoms with van der Waals surface area (Å²) >= 11 is 1.29. The molecule has 0 aromatic carbocycles. The largest absolute Gasteiger partial charge is 0.356 e. The van der Waals surface area contributed by atoms with Gasteiger partial charge in [-0.25, -0.2) is 9.97 Å². The summed E-state index contributed by atoms with van der Waals surface area (Å²) in [7, 11) is 0. The lowest BCUT2D eigenvalue weighted by Gasteiger charge is -2.24. The molecular weight excluding hydrogens is 308 g/mol. The van der Waals surface area contributed by atoms with E-state index in [1.54, 1.807) is 6.33 Å². The highest BCUT2D eigenvalue weighted by atomic mass is 32.1. The van der Waals surface area contributed by atoms with Crippen molar-refractivity contribution in [3.63, 3.8) is 0 Å². The first-order valence-corrected chi connectivity index (χ1v) is 8.84. The van der Waals surface area contributed by atoms with E-state index in [2.05, 4.69) is 55.4 Å². The van der Waals surface area contributed by atoms with Crippen molar-refractivity contribution in [2.24, 2.45) is 11.8 Å². The van der Waals surface area contributed by atoms with Crippen LogP contribution < -0.4 is 9.80 Å². The van der Waals surface area contributed by atoms with E-state index in [1.165, 1.54) is 11.7 Å². The van der Waals surface area contributed by atoms with Crippen molar-refractivity contribution < 1.29 is 0 Å². The first kappa shape index (κ1) is 14.8. The van der Waals surface area contributed by atoms with E-state index in [0.29, 0.717) is 11.8 Å². The van der Waals surface area contributed by atoms with Crippen LogP contribution in [-0.2, 0) is 5.41 Å². The Morgan fingerprint density at radius 3 is 2.22 bits per heavy atom. The number of rotatable bonds is 2. The summed E-state index contributed by atoms with van der Waals surface area (Å²) in [6.45, 7) is 10.9. The lowest BCUT2D eigenvalue weighted by atomic mass is 9.92. The molecular formula is C16H22N6S. The number of hydrogen-bond acceptors (Lipinski definition) is 7. The van der Waals surface area contributed by atoms with Crippen molar-refractivity contribution in [2.45, 2.75) is 26.2 Å². The van der Waals surface area contributed by atoms with Gasteiger partial charge in [0.1, 0.15) is 12.1 Å². The Bertz CT molecular complexity index is 666. The van der Waals surface area contributed by atoms with Crippen molar-refractivity contribution in [3.05, 3.63) is 24.3 Å². The molecule has 23 heavy (non-hydrogen) atoms. The van der Waals surface area contributed by atoms with Gasteiger partial charge in [0.05, 0.1) is 23.6 Å². The van der Waals surface area contributed by atoms with Gasteiger partial charge >= 0.3 is 0 Å². The molecule has 2 aliphatic rings. The van der Waals surface area contributed by atoms with Crippen LogP contribution in [0, 0.1) is 11.8 Å². The monoisotopic (exact) mass is 330 g/mol. The van der Waals surface area contributed by atoms with Crippen LogP contribution in [0.5, 0.6) is 0 Å². The van der Waals surface area contributed by atoms with Gasteiger partial charge in [-0.1, -0.05) is 20.8 Å². The van der Waals surface area contributed by atoms with E-state index in [-0.39, 0.29) is 5.41 Å². The molecule has 122 valence electrons. The molecule has 2 atom stereocenters. The fourth-order valence-corrected chi connectivity index (χ4v) is 4.03. The molecule has 0 N–H and O–H groups in total. The molecule has 2 fully saturated rings. The van der Waals surface area contributed by atoms with E-state index in [0.717, 1.165) is 43.5 Å². The topological polar surface area (TPSA) is 58.0 Å². The maximum absolute atomic E-state index is 4.51. The van der Waals surface area contributed by atoms with Crippen LogP contribution in [-0.4, -0.2) is 44.9 Å². The maximum atomic E-state index is 4.51. The van der Waals surface area contributed by atoms with E-state index in [9.17, 15) is 0 Å². The smallest absolute Gasteiger partial charge is 0.162 e. The van der Waals surface area contributed by atoms with Gasteiger partial charge in [0.25, 0.3) is 0 Å². The van der Waals surface area contributed by atoms with Crippen LogP contribution in [0.15, 0.2) is 18.6 Å². The van der Waals surface area contributed by atoms with Crippen molar-refractivity contribution in [1.29, 1.82) is 0 Å². The molecule has 4 heterocycles. The summed E-state index contributed by atoms with van der Waals surface area (Å²) in [6, 6.07) is 2.16. The van der Waals surface area contributed by atoms with Crippen molar-refractivity contribution in [1.82, 2.24) is 18.7 Å². The summed E-state index contributed by atoms with van der Waals surface area (Å²) in [4.78, 5) is 13.7. The van der Waals surface area contributed by atoms with Gasteiger partial charge in [-0.3, -0.25) is 0 Å². The van der Waals surface area contributed by atoms with E-state index < -0.39 is 0 Å². The molecule has 0 amide bonds. The summed E-state index contributed by atoms with van der Waals surface area (Å²) in [5.41, 5.74) is 1.16. The van der Waals surface area contributed by atoms with Crippen LogP contribution in [0.1, 0.15) is 26.5 Å². The Kier molecular flexibility index (Phi) is 3.48. The van der Waals surface area contributed by atoms with Crippen molar-refractivity contribution >= 4 is 23.4 Å². The third-order valence-corrected chi connectivity index (χ3v) is 5.37. The molecule has 2 saturated heterocycles. The normalized spacial score (nSPS) is 24.3. The van der Waals surface area contributed by atoms with Gasteiger partial charge in [0.15, 0.2) is 5.82 Å². The van der Waals surface area contributed by atoms with E-state index in [4.69, 9.17) is 0 Å². The van der Waals surface area contributed by atoms with Crippen LogP contribution in [0.4, 0.5) is 11.6 Å². The second kappa shape index (κ2) is 5.40. The molecule has 0 spiro atoms. The fourth-order valence-electron chi connectivity index (χ4n) is 3.60. The zero-order valence-corrected chi connectivity index (χ0v) is 14.6. The second-order valence-corrected chi connectivity index (χ2v) is 8.16. The van der Waals surface area contributed by atoms with E-state index >= 15 is 0 Å². The van der Waals surface area contributed by atoms with Gasteiger partial charge in [0.2, 0.25) is 0 Å². The van der Waals surface area contributed by atoms with Crippen molar-refractivity contribution in [3.8, 4) is 0 Å². The van der Waals surface area contributed by atoms with Gasteiger partial charge in [-0.05, 0) is 0 Å². The highest BCUT2D eigenvalue weighted by molar-refractivity contribution is 6.99. The van der Waals surface area contributed by atoms with Crippen LogP contribution in [0.25, 0.3) is 0 Å². The Balaban J connectivity index is 1.47. The van der Waals surface area contributed by atoms with Gasteiger partial charge < -0.3 is 9.80 Å². The number of aromatic nitrogens is 4. The average Bonchev–Trinajstić information content (AvgIpc) is 3.21. The quantitative estimate of drug-likeness (QED) is 0.841. The van der Waals surface area contributed by atoms with Crippen molar-refractivity contribution in [2.75, 3.05) is 36.0 Å². The third-order valence-electron chi connectivity index (χ3n) is 4.90. The zero-order valence-electron chi connectivity index (χ0n) is 13.8. The van der Waals surface area contributed by atoms with Crippen LogP contribution in [0.2, 0.25) is 0 Å². The summed E-state index contributed by atoms with van der Waals surface area (Å²) in [6.07, 6.45) is 3.58. The predicted molar refractivity (Wildman–Crippen MR) is 92.0 cm³/mol. The molecule has 0 saturated carbocycles. The highest BCUT2D eigenvalue weighted by Crippen LogP contribution is 2.35. The second-order valence-electron chi connectivity index (χ2n) is 7.61. The Morgan fingerprint density at radius 2 is 1.65 bits per heavy atom. The molecule has 0 aliphatic carbocycles. The molecule has 4 rings (SSSR count). The molecule has 7 heteroatoms. The highest BCUT2D eigenvalue weighted by Gasteiger charge is 2.41. The molecule has 6 nitrogen and oxygen atoms in total. The van der Waals surface area contributed by atoms with E-state index in [1.807, 2.05) is 6.20 Å². The minimum absolute atomic E-state index is 0.0572. The predicted octanol–water partition coefficient (Wildman–Crippen LogP) is 2.20. The molecule has 0 radical (unpaired) electrons. The lowest BCUT2D eigenvalue weighted by molar-refractivity contribution is 0.533. The van der Waals surface area contributed by atoms with Gasteiger partial charge in [0, 0.05) is 49.5 Å². The van der Waals surface area contributed by atoms with Gasteiger partial charge in [-0.15, -0.1) is 0 Å². The van der Waals surface area contributed by atoms with Crippen LogP contribution >= 0.6 is 11.7 Å². The summed E-state index contributed by atoms with van der Waals surface area (Å²) in [5.74, 6) is 3.48. The number of anilines is 2. The standard InChI is InChI=1S/C16H22N6S/c1-16(2,3)13-4-14(18-10-17-13)21-6-11-8-22(9-12(11)7-21)15-5-19-23-20-15/h4-5,10-12H,6-9H2,1-3H3. The third kappa shape index (κ3) is 2.78. The number of hydrogen-bond donors (Lipinski definition) is 0. The molecule has 2 aliphatic heterocycles. The lowest BCUT2D eigenvalue weighted by Crippen LogP contribution is -2.29. The minimum Gasteiger partial charge on any atom is -0.356 e.